The Labute approximate surface area is 74.7 Å². The highest BCUT2D eigenvalue weighted by atomic mass is 16.1. The molecule has 12 heavy (non-hydrogen) atoms. The monoisotopic (exact) mass is 172 g/mol. The topological polar surface area (TPSA) is 55.1 Å². The Bertz CT molecular complexity index is 134. The Hall–Kier alpha value is -0.570. The van der Waals surface area contributed by atoms with Crippen LogP contribution in [0.5, 0.6) is 0 Å². The first kappa shape index (κ1) is 11.4. The van der Waals surface area contributed by atoms with E-state index in [4.69, 9.17) is 5.73 Å². The van der Waals surface area contributed by atoms with Gasteiger partial charge in [0.25, 0.3) is 0 Å². The summed E-state index contributed by atoms with van der Waals surface area (Å²) in [6, 6.07) is 0.0977. The quantitative estimate of drug-likeness (QED) is 0.647. The standard InChI is InChI=1S/C9H20N2O/c1-4-9(12)11-6-8(10)5-7(2)3/h7-8H,4-6,10H2,1-3H3,(H,11,12). The van der Waals surface area contributed by atoms with Crippen LogP contribution in [-0.2, 0) is 4.79 Å². The number of amides is 1. The molecule has 0 saturated carbocycles. The van der Waals surface area contributed by atoms with Gasteiger partial charge >= 0.3 is 0 Å². The van der Waals surface area contributed by atoms with Crippen molar-refractivity contribution in [2.75, 3.05) is 6.54 Å². The van der Waals surface area contributed by atoms with E-state index in [2.05, 4.69) is 19.2 Å². The van der Waals surface area contributed by atoms with Crippen LogP contribution in [0.3, 0.4) is 0 Å². The first-order valence-corrected chi connectivity index (χ1v) is 4.58. The van der Waals surface area contributed by atoms with Gasteiger partial charge in [-0.05, 0) is 12.3 Å². The van der Waals surface area contributed by atoms with Crippen molar-refractivity contribution in [3.63, 3.8) is 0 Å². The minimum Gasteiger partial charge on any atom is -0.355 e. The third-order valence-corrected chi connectivity index (χ3v) is 1.66. The molecule has 0 fully saturated rings. The van der Waals surface area contributed by atoms with Crippen LogP contribution in [0.15, 0.2) is 0 Å². The van der Waals surface area contributed by atoms with E-state index < -0.39 is 0 Å². The molecular formula is C9H20N2O. The molecule has 0 bridgehead atoms. The van der Waals surface area contributed by atoms with Gasteiger partial charge in [-0.15, -0.1) is 0 Å². The summed E-state index contributed by atoms with van der Waals surface area (Å²) in [6.45, 7) is 6.69. The summed E-state index contributed by atoms with van der Waals surface area (Å²) in [5.41, 5.74) is 5.76. The second-order valence-electron chi connectivity index (χ2n) is 3.55. The Balaban J connectivity index is 3.43. The molecule has 0 spiro atoms. The summed E-state index contributed by atoms with van der Waals surface area (Å²) in [4.78, 5) is 10.8. The highest BCUT2D eigenvalue weighted by Crippen LogP contribution is 2.01. The first-order chi connectivity index (χ1) is 5.56. The van der Waals surface area contributed by atoms with Crippen molar-refractivity contribution in [2.24, 2.45) is 11.7 Å². The molecule has 1 atom stereocenters. The molecule has 0 aliphatic heterocycles. The number of nitrogens with one attached hydrogen (secondary N) is 1. The fourth-order valence-electron chi connectivity index (χ4n) is 1.06. The number of carbonyl (C=O) groups excluding carboxylic acids is 1. The number of carbonyl (C=O) groups is 1. The zero-order valence-corrected chi connectivity index (χ0v) is 8.26. The second-order valence-corrected chi connectivity index (χ2v) is 3.55. The SMILES string of the molecule is CCC(=O)NCC(N)CC(C)C. The van der Waals surface area contributed by atoms with Crippen LogP contribution in [-0.4, -0.2) is 18.5 Å². The summed E-state index contributed by atoms with van der Waals surface area (Å²) in [6.07, 6.45) is 1.50. The molecule has 3 nitrogen and oxygen atoms in total. The fraction of sp³-hybridized carbons (Fsp3) is 0.889. The normalized spacial score (nSPS) is 13.1. The van der Waals surface area contributed by atoms with E-state index in [-0.39, 0.29) is 11.9 Å². The van der Waals surface area contributed by atoms with Gasteiger partial charge in [0, 0.05) is 19.0 Å². The van der Waals surface area contributed by atoms with Crippen LogP contribution in [0, 0.1) is 5.92 Å². The smallest absolute Gasteiger partial charge is 0.219 e. The maximum atomic E-state index is 10.8. The van der Waals surface area contributed by atoms with Gasteiger partial charge in [0.15, 0.2) is 0 Å². The highest BCUT2D eigenvalue weighted by Gasteiger charge is 2.05. The molecular weight excluding hydrogens is 152 g/mol. The van der Waals surface area contributed by atoms with Crippen molar-refractivity contribution >= 4 is 5.91 Å². The van der Waals surface area contributed by atoms with Gasteiger partial charge in [-0.3, -0.25) is 4.79 Å². The van der Waals surface area contributed by atoms with Gasteiger partial charge in [0.1, 0.15) is 0 Å². The maximum absolute atomic E-state index is 10.8. The van der Waals surface area contributed by atoms with Crippen LogP contribution >= 0.6 is 0 Å². The fourth-order valence-corrected chi connectivity index (χ4v) is 1.06. The lowest BCUT2D eigenvalue weighted by Crippen LogP contribution is -2.37. The molecule has 0 radical (unpaired) electrons. The summed E-state index contributed by atoms with van der Waals surface area (Å²) in [5.74, 6) is 0.674. The first-order valence-electron chi connectivity index (χ1n) is 4.58. The number of hydrogen-bond acceptors (Lipinski definition) is 2. The van der Waals surface area contributed by atoms with Crippen molar-refractivity contribution in [3.8, 4) is 0 Å². The lowest BCUT2D eigenvalue weighted by atomic mass is 10.0. The predicted molar refractivity (Wildman–Crippen MR) is 50.7 cm³/mol. The lowest BCUT2D eigenvalue weighted by molar-refractivity contribution is -0.120. The molecule has 0 saturated heterocycles. The molecule has 0 heterocycles. The third-order valence-electron chi connectivity index (χ3n) is 1.66. The van der Waals surface area contributed by atoms with Crippen LogP contribution in [0.1, 0.15) is 33.6 Å². The molecule has 3 heteroatoms. The zero-order chi connectivity index (χ0) is 9.56. The van der Waals surface area contributed by atoms with E-state index in [1.165, 1.54) is 0 Å². The minimum atomic E-state index is 0.0780. The number of nitrogens with two attached hydrogens (primary N) is 1. The van der Waals surface area contributed by atoms with Crippen molar-refractivity contribution in [1.82, 2.24) is 5.32 Å². The summed E-state index contributed by atoms with van der Waals surface area (Å²) >= 11 is 0. The molecule has 0 aliphatic carbocycles. The number of hydrogen-bond donors (Lipinski definition) is 2. The summed E-state index contributed by atoms with van der Waals surface area (Å²) in [7, 11) is 0. The summed E-state index contributed by atoms with van der Waals surface area (Å²) < 4.78 is 0. The van der Waals surface area contributed by atoms with Crippen LogP contribution in [0.4, 0.5) is 0 Å². The van der Waals surface area contributed by atoms with Crippen molar-refractivity contribution in [3.05, 3.63) is 0 Å². The summed E-state index contributed by atoms with van der Waals surface area (Å²) in [5, 5.41) is 2.77. The van der Waals surface area contributed by atoms with Crippen LogP contribution in [0.25, 0.3) is 0 Å². The van der Waals surface area contributed by atoms with Gasteiger partial charge in [-0.2, -0.15) is 0 Å². The lowest BCUT2D eigenvalue weighted by Gasteiger charge is -2.14. The van der Waals surface area contributed by atoms with Gasteiger partial charge in [0.05, 0.1) is 0 Å². The Morgan fingerprint density at radius 1 is 1.50 bits per heavy atom. The Morgan fingerprint density at radius 3 is 2.50 bits per heavy atom. The molecule has 0 aromatic carbocycles. The van der Waals surface area contributed by atoms with E-state index >= 15 is 0 Å². The van der Waals surface area contributed by atoms with Crippen molar-refractivity contribution in [1.29, 1.82) is 0 Å². The predicted octanol–water partition coefficient (Wildman–Crippen LogP) is 0.886. The average Bonchev–Trinajstić information content (AvgIpc) is 1.99. The largest absolute Gasteiger partial charge is 0.355 e. The molecule has 0 aliphatic rings. The second kappa shape index (κ2) is 6.00. The molecule has 3 N–H and O–H groups in total. The minimum absolute atomic E-state index is 0.0780. The van der Waals surface area contributed by atoms with E-state index in [1.807, 2.05) is 6.92 Å². The van der Waals surface area contributed by atoms with E-state index in [9.17, 15) is 4.79 Å². The average molecular weight is 172 g/mol. The molecule has 0 aromatic heterocycles. The van der Waals surface area contributed by atoms with Gasteiger partial charge in [-0.1, -0.05) is 20.8 Å². The van der Waals surface area contributed by atoms with Crippen LogP contribution in [0.2, 0.25) is 0 Å². The molecule has 1 amide bonds. The third kappa shape index (κ3) is 6.16. The Kier molecular flexibility index (Phi) is 5.72. The van der Waals surface area contributed by atoms with Gasteiger partial charge < -0.3 is 11.1 Å². The van der Waals surface area contributed by atoms with E-state index in [0.717, 1.165) is 6.42 Å². The molecule has 1 unspecified atom stereocenters. The maximum Gasteiger partial charge on any atom is 0.219 e. The van der Waals surface area contributed by atoms with Crippen LogP contribution < -0.4 is 11.1 Å². The Morgan fingerprint density at radius 2 is 2.08 bits per heavy atom. The van der Waals surface area contributed by atoms with E-state index in [0.29, 0.717) is 18.9 Å². The molecule has 0 aromatic rings. The molecule has 0 rings (SSSR count). The van der Waals surface area contributed by atoms with Gasteiger partial charge in [0.2, 0.25) is 5.91 Å². The zero-order valence-electron chi connectivity index (χ0n) is 8.26. The number of rotatable bonds is 5. The molecule has 72 valence electrons. The van der Waals surface area contributed by atoms with E-state index in [1.54, 1.807) is 0 Å². The van der Waals surface area contributed by atoms with Gasteiger partial charge in [-0.25, -0.2) is 0 Å². The van der Waals surface area contributed by atoms with Crippen molar-refractivity contribution < 1.29 is 4.79 Å². The highest BCUT2D eigenvalue weighted by molar-refractivity contribution is 5.75. The van der Waals surface area contributed by atoms with Crippen molar-refractivity contribution in [2.45, 2.75) is 39.7 Å².